The summed E-state index contributed by atoms with van der Waals surface area (Å²) in [6.45, 7) is 6.14. The van der Waals surface area contributed by atoms with Crippen LogP contribution in [0.15, 0.2) is 55.7 Å². The molecule has 0 saturated carbocycles. The number of likely N-dealkylation sites (tertiary alicyclic amines) is 1. The average Bonchev–Trinajstić information content (AvgIpc) is 2.62. The molecule has 1 saturated heterocycles. The van der Waals surface area contributed by atoms with Gasteiger partial charge in [0.05, 0.1) is 22.8 Å². The normalized spacial score (nSPS) is 24.8. The van der Waals surface area contributed by atoms with Crippen molar-refractivity contribution in [3.63, 3.8) is 0 Å². The molecule has 5 nitrogen and oxygen atoms in total. The first-order valence-corrected chi connectivity index (χ1v) is 13.1. The molecule has 2 aliphatic rings. The van der Waals surface area contributed by atoms with Crippen LogP contribution >= 0.6 is 56.7 Å². The molecule has 1 unspecified atom stereocenters. The smallest absolute Gasteiger partial charge is 0.187 e. The summed E-state index contributed by atoms with van der Waals surface area (Å²) in [5.41, 5.74) is 9.00. The second kappa shape index (κ2) is 10.7. The van der Waals surface area contributed by atoms with Gasteiger partial charge in [0.2, 0.25) is 0 Å². The number of hydrogen-bond donors (Lipinski definition) is 1. The van der Waals surface area contributed by atoms with Gasteiger partial charge < -0.3 is 10.6 Å². The highest BCUT2D eigenvalue weighted by Gasteiger charge is 2.23. The topological polar surface area (TPSA) is 57.2 Å². The lowest BCUT2D eigenvalue weighted by Crippen LogP contribution is -2.31. The molecule has 0 spiro atoms. The van der Waals surface area contributed by atoms with Crippen LogP contribution in [0, 0.1) is 0 Å². The fourth-order valence-corrected chi connectivity index (χ4v) is 4.07. The van der Waals surface area contributed by atoms with Gasteiger partial charge in [-0.05, 0) is 63.3 Å². The van der Waals surface area contributed by atoms with Crippen LogP contribution in [-0.2, 0) is 0 Å². The molecule has 2 aliphatic heterocycles. The van der Waals surface area contributed by atoms with E-state index in [1.54, 1.807) is 24.7 Å². The zero-order valence-electron chi connectivity index (χ0n) is 13.5. The maximum atomic E-state index is 13.2. The summed E-state index contributed by atoms with van der Waals surface area (Å²) in [6, 6.07) is 0. The van der Waals surface area contributed by atoms with Crippen molar-refractivity contribution in [3.8, 4) is 0 Å². The molecule has 0 radical (unpaired) electrons. The van der Waals surface area contributed by atoms with Crippen molar-refractivity contribution in [3.05, 3.63) is 45.9 Å². The first kappa shape index (κ1) is 20.9. The molecule has 1 atom stereocenters. The number of piperidine rings is 1. The SMILES string of the molecule is C=C1C(C(N)=CC=NPI)=CN(SF)/N=C\C(Br)=C/1N1CCCCC1. The van der Waals surface area contributed by atoms with Crippen LogP contribution in [0.4, 0.5) is 3.89 Å². The van der Waals surface area contributed by atoms with Crippen LogP contribution in [0.25, 0.3) is 0 Å². The highest BCUT2D eigenvalue weighted by atomic mass is 127. The van der Waals surface area contributed by atoms with Gasteiger partial charge in [-0.2, -0.15) is 9.52 Å². The highest BCUT2D eigenvalue weighted by Crippen LogP contribution is 2.33. The fraction of sp³-hybridized carbons (Fsp3) is 0.333. The molecule has 2 heterocycles. The molecule has 0 aromatic carbocycles. The number of hydrazone groups is 1. The van der Waals surface area contributed by atoms with Crippen molar-refractivity contribution in [2.24, 2.45) is 15.6 Å². The lowest BCUT2D eigenvalue weighted by molar-refractivity contribution is 0.290. The summed E-state index contributed by atoms with van der Waals surface area (Å²) in [5.74, 6) is 0. The van der Waals surface area contributed by atoms with E-state index in [9.17, 15) is 3.89 Å². The molecule has 0 aromatic rings. The van der Waals surface area contributed by atoms with Gasteiger partial charge in [0.1, 0.15) is 0 Å². The van der Waals surface area contributed by atoms with Gasteiger partial charge in [-0.1, -0.05) is 6.58 Å². The maximum absolute atomic E-state index is 13.2. The molecule has 0 bridgehead atoms. The second-order valence-electron chi connectivity index (χ2n) is 5.37. The van der Waals surface area contributed by atoms with Crippen LogP contribution in [-0.4, -0.2) is 34.8 Å². The van der Waals surface area contributed by atoms with Crippen molar-refractivity contribution in [1.82, 2.24) is 9.31 Å². The van der Waals surface area contributed by atoms with Gasteiger partial charge >= 0.3 is 0 Å². The van der Waals surface area contributed by atoms with Crippen LogP contribution in [0.5, 0.6) is 0 Å². The first-order valence-electron chi connectivity index (χ1n) is 7.61. The summed E-state index contributed by atoms with van der Waals surface area (Å²) in [5, 5.41) is 4.12. The van der Waals surface area contributed by atoms with E-state index in [-0.39, 0.29) is 12.3 Å². The van der Waals surface area contributed by atoms with Crippen LogP contribution in [0.3, 0.4) is 0 Å². The molecular weight excluding hydrogens is 539 g/mol. The Morgan fingerprint density at radius 1 is 1.48 bits per heavy atom. The van der Waals surface area contributed by atoms with Gasteiger partial charge in [-0.15, -0.1) is 3.89 Å². The molecule has 25 heavy (non-hydrogen) atoms. The number of nitrogens with two attached hydrogens (primary N) is 1. The molecule has 136 valence electrons. The largest absolute Gasteiger partial charge is 0.398 e. The Morgan fingerprint density at radius 2 is 2.20 bits per heavy atom. The Hall–Kier alpha value is -0.380. The number of halogens is 3. The van der Waals surface area contributed by atoms with Crippen molar-refractivity contribution in [2.45, 2.75) is 19.3 Å². The van der Waals surface area contributed by atoms with E-state index in [0.717, 1.165) is 46.1 Å². The van der Waals surface area contributed by atoms with Gasteiger partial charge in [0.25, 0.3) is 0 Å². The lowest BCUT2D eigenvalue weighted by atomic mass is 9.99. The number of hydrogen-bond acceptors (Lipinski definition) is 6. The van der Waals surface area contributed by atoms with Gasteiger partial charge in [-0.3, -0.25) is 4.76 Å². The first-order chi connectivity index (χ1) is 12.1. The summed E-state index contributed by atoms with van der Waals surface area (Å²) in [6.07, 6.45) is 10.4. The van der Waals surface area contributed by atoms with E-state index in [1.807, 2.05) is 0 Å². The molecule has 0 aliphatic carbocycles. The van der Waals surface area contributed by atoms with E-state index in [4.69, 9.17) is 5.73 Å². The molecule has 2 rings (SSSR count). The minimum Gasteiger partial charge on any atom is -0.398 e. The number of nitrogens with zero attached hydrogens (tertiary/aromatic N) is 4. The summed E-state index contributed by atoms with van der Waals surface area (Å²) in [4.78, 5) is 2.28. The Balaban J connectivity index is 2.45. The third-order valence-electron chi connectivity index (χ3n) is 3.79. The van der Waals surface area contributed by atoms with Crippen molar-refractivity contribution < 1.29 is 3.89 Å². The average molecular weight is 558 g/mol. The minimum atomic E-state index is 0.00337. The van der Waals surface area contributed by atoms with E-state index >= 15 is 0 Å². The second-order valence-corrected chi connectivity index (χ2v) is 8.61. The lowest BCUT2D eigenvalue weighted by Gasteiger charge is -2.34. The van der Waals surface area contributed by atoms with E-state index in [1.165, 1.54) is 6.42 Å². The Bertz CT molecular complexity index is 658. The van der Waals surface area contributed by atoms with Crippen LogP contribution in [0.1, 0.15) is 19.3 Å². The summed E-state index contributed by atoms with van der Waals surface area (Å²) in [7, 11) is 0. The Kier molecular flexibility index (Phi) is 8.95. The third-order valence-corrected chi connectivity index (χ3v) is 5.80. The molecule has 1 fully saturated rings. The molecule has 0 amide bonds. The van der Waals surface area contributed by atoms with Gasteiger partial charge in [0, 0.05) is 42.3 Å². The van der Waals surface area contributed by atoms with Gasteiger partial charge in [-0.25, -0.2) is 0 Å². The monoisotopic (exact) mass is 557 g/mol. The molecule has 10 heteroatoms. The van der Waals surface area contributed by atoms with Crippen molar-refractivity contribution >= 4 is 69.1 Å². The quantitative estimate of drug-likeness (QED) is 0.218. The van der Waals surface area contributed by atoms with Gasteiger partial charge in [0.15, 0.2) is 12.3 Å². The van der Waals surface area contributed by atoms with E-state index in [0.29, 0.717) is 17.6 Å². The molecule has 2 N–H and O–H groups in total. The van der Waals surface area contributed by atoms with E-state index < -0.39 is 0 Å². The van der Waals surface area contributed by atoms with Crippen molar-refractivity contribution in [1.29, 1.82) is 0 Å². The summed E-state index contributed by atoms with van der Waals surface area (Å²) >= 11 is 5.75. The third kappa shape index (κ3) is 5.80. The molecule has 0 aromatic heterocycles. The van der Waals surface area contributed by atoms with Crippen molar-refractivity contribution in [2.75, 3.05) is 13.1 Å². The maximum Gasteiger partial charge on any atom is 0.187 e. The number of allylic oxidation sites excluding steroid dienone is 4. The number of rotatable bonds is 5. The Morgan fingerprint density at radius 3 is 2.84 bits per heavy atom. The highest BCUT2D eigenvalue weighted by molar-refractivity contribution is 14.2. The summed E-state index contributed by atoms with van der Waals surface area (Å²) < 4.78 is 19.2. The van der Waals surface area contributed by atoms with Crippen LogP contribution in [0.2, 0.25) is 0 Å². The zero-order valence-corrected chi connectivity index (χ0v) is 19.0. The predicted octanol–water partition coefficient (Wildman–Crippen LogP) is 5.21. The van der Waals surface area contributed by atoms with Crippen LogP contribution < -0.4 is 5.73 Å². The van der Waals surface area contributed by atoms with E-state index in [2.05, 4.69) is 59.3 Å². The minimum absolute atomic E-state index is 0.00337. The zero-order chi connectivity index (χ0) is 18.2. The predicted molar refractivity (Wildman–Crippen MR) is 121 cm³/mol. The fourth-order valence-electron chi connectivity index (χ4n) is 2.64. The standard InChI is InChI=1S/C15H19BrFIN5PS/c1-11-12(14(19)5-6-21-24-18)10-23(25-17)20-9-13(16)15(11)22-7-3-2-4-8-22/h5-6,9-10,24H,1-4,7-8,19H2/b12-10?,14-5?,15-13-,20-9-,21-6?. The molecular formula is C15H19BrFIN5PS. The Labute approximate surface area is 175 Å².